The molecule has 0 amide bonds. The second-order valence-corrected chi connectivity index (χ2v) is 10.1. The molecule has 1 aliphatic rings. The van der Waals surface area contributed by atoms with Crippen LogP contribution in [0, 0.1) is 0 Å². The van der Waals surface area contributed by atoms with Gasteiger partial charge in [-0.2, -0.15) is 4.31 Å². The molecule has 0 spiro atoms. The molecule has 3 rings (SSSR count). The molecule has 27 heavy (non-hydrogen) atoms. The van der Waals surface area contributed by atoms with Crippen molar-refractivity contribution >= 4 is 62.2 Å². The van der Waals surface area contributed by atoms with E-state index in [9.17, 15) is 18.3 Å². The zero-order valence-electron chi connectivity index (χ0n) is 14.2. The lowest BCUT2D eigenvalue weighted by Crippen LogP contribution is -2.35. The van der Waals surface area contributed by atoms with Crippen molar-refractivity contribution in [3.05, 3.63) is 50.8 Å². The van der Waals surface area contributed by atoms with E-state index in [4.69, 9.17) is 23.2 Å². The maximum Gasteiger partial charge on any atom is 0.337 e. The first-order valence-electron chi connectivity index (χ1n) is 8.30. The highest BCUT2D eigenvalue weighted by atomic mass is 35.5. The van der Waals surface area contributed by atoms with E-state index in [1.54, 1.807) is 18.2 Å². The number of sulfonamides is 1. The van der Waals surface area contributed by atoms with Gasteiger partial charge in [-0.15, -0.1) is 11.3 Å². The van der Waals surface area contributed by atoms with Crippen molar-refractivity contribution in [2.24, 2.45) is 0 Å². The molecule has 0 radical (unpaired) electrons. The van der Waals surface area contributed by atoms with Gasteiger partial charge in [0.1, 0.15) is 4.21 Å². The molecule has 5 nitrogen and oxygen atoms in total. The third-order valence-electron chi connectivity index (χ3n) is 4.27. The zero-order valence-corrected chi connectivity index (χ0v) is 17.3. The largest absolute Gasteiger partial charge is 0.478 e. The Hall–Kier alpha value is -1.38. The highest BCUT2D eigenvalue weighted by molar-refractivity contribution is 7.91. The number of carboxylic acid groups (broad SMARTS) is 1. The molecule has 1 saturated heterocycles. The summed E-state index contributed by atoms with van der Waals surface area (Å²) in [5.41, 5.74) is 0.416. The molecule has 1 fully saturated rings. The predicted molar refractivity (Wildman–Crippen MR) is 109 cm³/mol. The molecule has 144 valence electrons. The minimum Gasteiger partial charge on any atom is -0.478 e. The van der Waals surface area contributed by atoms with Crippen molar-refractivity contribution in [3.63, 3.8) is 0 Å². The molecule has 0 atom stereocenters. The summed E-state index contributed by atoms with van der Waals surface area (Å²) in [6.45, 7) is 0.991. The van der Waals surface area contributed by atoms with Gasteiger partial charge in [-0.05, 0) is 42.7 Å². The lowest BCUT2D eigenvalue weighted by molar-refractivity contribution is -0.130. The van der Waals surface area contributed by atoms with Gasteiger partial charge in [0.25, 0.3) is 10.0 Å². The van der Waals surface area contributed by atoms with Gasteiger partial charge >= 0.3 is 5.97 Å². The number of aliphatic carboxylic acids is 1. The summed E-state index contributed by atoms with van der Waals surface area (Å²) in [6, 6.07) is 7.90. The van der Waals surface area contributed by atoms with Gasteiger partial charge in [0.2, 0.25) is 0 Å². The molecule has 1 aliphatic heterocycles. The highest BCUT2D eigenvalue weighted by Crippen LogP contribution is 2.34. The van der Waals surface area contributed by atoms with Crippen LogP contribution in [0.25, 0.3) is 11.6 Å². The van der Waals surface area contributed by atoms with E-state index in [1.807, 2.05) is 0 Å². The summed E-state index contributed by atoms with van der Waals surface area (Å²) in [6.07, 6.45) is 4.10. The Morgan fingerprint density at radius 3 is 2.48 bits per heavy atom. The predicted octanol–water partition coefficient (Wildman–Crippen LogP) is 4.85. The van der Waals surface area contributed by atoms with Gasteiger partial charge in [0.15, 0.2) is 0 Å². The fourth-order valence-electron chi connectivity index (χ4n) is 2.86. The Bertz CT molecular complexity index is 993. The van der Waals surface area contributed by atoms with Gasteiger partial charge < -0.3 is 5.11 Å². The number of carboxylic acids is 1. The van der Waals surface area contributed by atoms with Crippen molar-refractivity contribution in [2.75, 3.05) is 13.1 Å². The van der Waals surface area contributed by atoms with E-state index in [-0.39, 0.29) is 14.8 Å². The molecule has 0 saturated carbocycles. The van der Waals surface area contributed by atoms with E-state index in [2.05, 4.69) is 0 Å². The molecule has 9 heteroatoms. The van der Waals surface area contributed by atoms with Gasteiger partial charge in [0, 0.05) is 18.0 Å². The van der Waals surface area contributed by atoms with Crippen LogP contribution in [0.15, 0.2) is 34.5 Å². The number of nitrogens with zero attached hydrogens (tertiary/aromatic N) is 1. The number of carbonyl (C=O) groups is 1. The van der Waals surface area contributed by atoms with Gasteiger partial charge in [-0.1, -0.05) is 41.8 Å². The number of piperidine rings is 1. The maximum absolute atomic E-state index is 12.8. The fourth-order valence-corrected chi connectivity index (χ4v) is 6.21. The lowest BCUT2D eigenvalue weighted by Gasteiger charge is -2.25. The Morgan fingerprint density at radius 2 is 1.81 bits per heavy atom. The minimum absolute atomic E-state index is 0.0377. The Balaban J connectivity index is 1.98. The number of hydrogen-bond acceptors (Lipinski definition) is 4. The van der Waals surface area contributed by atoms with Crippen LogP contribution >= 0.6 is 34.5 Å². The van der Waals surface area contributed by atoms with Crippen LogP contribution in [0.5, 0.6) is 0 Å². The third kappa shape index (κ3) is 4.38. The first kappa shape index (κ1) is 20.4. The van der Waals surface area contributed by atoms with Crippen molar-refractivity contribution in [2.45, 2.75) is 23.5 Å². The number of hydrogen-bond donors (Lipinski definition) is 1. The number of rotatable bonds is 5. The van der Waals surface area contributed by atoms with E-state index in [0.29, 0.717) is 28.6 Å². The molecule has 0 aliphatic carbocycles. The topological polar surface area (TPSA) is 74.7 Å². The van der Waals surface area contributed by atoms with Crippen LogP contribution in [0.1, 0.15) is 29.7 Å². The summed E-state index contributed by atoms with van der Waals surface area (Å²) in [5.74, 6) is -1.17. The van der Waals surface area contributed by atoms with Crippen molar-refractivity contribution < 1.29 is 18.3 Å². The summed E-state index contributed by atoms with van der Waals surface area (Å²) < 4.78 is 27.2. The normalized spacial score (nSPS) is 16.4. The van der Waals surface area contributed by atoms with E-state index >= 15 is 0 Å². The fraction of sp³-hybridized carbons (Fsp3) is 0.278. The molecule has 1 aromatic heterocycles. The molecule has 0 bridgehead atoms. The van der Waals surface area contributed by atoms with Crippen LogP contribution in [-0.2, 0) is 14.8 Å². The number of halogens is 2. The Morgan fingerprint density at radius 1 is 1.11 bits per heavy atom. The van der Waals surface area contributed by atoms with Crippen LogP contribution in [-0.4, -0.2) is 36.9 Å². The third-order valence-corrected chi connectivity index (χ3v) is 8.59. The monoisotopic (exact) mass is 445 g/mol. The van der Waals surface area contributed by atoms with E-state index in [0.717, 1.165) is 30.6 Å². The number of thiophene rings is 1. The summed E-state index contributed by atoms with van der Waals surface area (Å²) in [4.78, 5) is 12.1. The maximum atomic E-state index is 12.8. The molecule has 1 aromatic carbocycles. The minimum atomic E-state index is -3.60. The highest BCUT2D eigenvalue weighted by Gasteiger charge is 2.28. The Kier molecular flexibility index (Phi) is 6.28. The molecular formula is C18H17Cl2NO4S2. The van der Waals surface area contributed by atoms with Gasteiger partial charge in [-0.25, -0.2) is 13.2 Å². The summed E-state index contributed by atoms with van der Waals surface area (Å²) >= 11 is 13.1. The Labute approximate surface area is 171 Å². The van der Waals surface area contributed by atoms with Crippen molar-refractivity contribution in [3.8, 4) is 0 Å². The van der Waals surface area contributed by atoms with Crippen LogP contribution in [0.4, 0.5) is 0 Å². The van der Waals surface area contributed by atoms with E-state index in [1.165, 1.54) is 22.5 Å². The second kappa shape index (κ2) is 8.32. The van der Waals surface area contributed by atoms with Crippen LogP contribution in [0.2, 0.25) is 10.0 Å². The summed E-state index contributed by atoms with van der Waals surface area (Å²) in [7, 11) is -3.60. The smallest absolute Gasteiger partial charge is 0.337 e. The van der Waals surface area contributed by atoms with Crippen molar-refractivity contribution in [1.29, 1.82) is 0 Å². The lowest BCUT2D eigenvalue weighted by atomic mass is 10.1. The average Bonchev–Trinajstić information content (AvgIpc) is 3.14. The average molecular weight is 446 g/mol. The van der Waals surface area contributed by atoms with Gasteiger partial charge in [0.05, 0.1) is 15.6 Å². The quantitative estimate of drug-likeness (QED) is 0.666. The summed E-state index contributed by atoms with van der Waals surface area (Å²) in [5, 5.41) is 10.2. The van der Waals surface area contributed by atoms with E-state index < -0.39 is 16.0 Å². The molecule has 0 unspecified atom stereocenters. The van der Waals surface area contributed by atoms with Crippen molar-refractivity contribution in [1.82, 2.24) is 4.31 Å². The van der Waals surface area contributed by atoms with Crippen LogP contribution in [0.3, 0.4) is 0 Å². The standard InChI is InChI=1S/C18H17Cl2NO4S2/c19-14-6-4-5-12(17(14)20)11-13(18(22)23)15-7-8-16(26-15)27(24,25)21-9-2-1-3-10-21/h4-8,11H,1-3,9-10H2,(H,22,23)/b13-11+. The molecule has 2 aromatic rings. The van der Waals surface area contributed by atoms with Crippen LogP contribution < -0.4 is 0 Å². The molecule has 2 heterocycles. The second-order valence-electron chi connectivity index (χ2n) is 6.09. The van der Waals surface area contributed by atoms with Gasteiger partial charge in [-0.3, -0.25) is 0 Å². The zero-order chi connectivity index (χ0) is 19.6. The first-order valence-corrected chi connectivity index (χ1v) is 11.3. The molecule has 1 N–H and O–H groups in total. The first-order chi connectivity index (χ1) is 12.8. The number of benzene rings is 1. The molecular weight excluding hydrogens is 429 g/mol. The SMILES string of the molecule is O=C(O)/C(=C/c1cccc(Cl)c1Cl)c1ccc(S(=O)(=O)N2CCCCC2)s1.